The van der Waals surface area contributed by atoms with Crippen molar-refractivity contribution < 1.29 is 9.21 Å². The van der Waals surface area contributed by atoms with Crippen molar-refractivity contribution in [3.05, 3.63) is 36.8 Å². The molecule has 15 heavy (non-hydrogen) atoms. The van der Waals surface area contributed by atoms with Gasteiger partial charge >= 0.3 is 0 Å². The Morgan fingerprint density at radius 2 is 2.20 bits per heavy atom. The summed E-state index contributed by atoms with van der Waals surface area (Å²) in [6, 6.07) is 3.26. The average molecular weight is 207 g/mol. The molecule has 2 rings (SSSR count). The van der Waals surface area contributed by atoms with Crippen molar-refractivity contribution >= 4 is 5.78 Å². The first-order valence-electron chi connectivity index (χ1n) is 5.13. The maximum Gasteiger partial charge on any atom is 0.220 e. The van der Waals surface area contributed by atoms with Gasteiger partial charge in [-0.2, -0.15) is 0 Å². The van der Waals surface area contributed by atoms with Crippen LogP contribution in [-0.2, 0) is 0 Å². The standard InChI is InChI=1S/C7H6O2.C5H11N/c1-2-6(8)7-4-3-5-9-7;1-6-4-2-3-5-6/h2-5H,1H2;2-5H2,1H3. The Bertz CT molecular complexity index is 297. The number of carbonyl (C=O) groups is 1. The maximum atomic E-state index is 10.7. The molecular weight excluding hydrogens is 190 g/mol. The van der Waals surface area contributed by atoms with Crippen LogP contribution in [0.15, 0.2) is 35.5 Å². The second-order valence-corrected chi connectivity index (χ2v) is 3.56. The number of ketones is 1. The highest BCUT2D eigenvalue weighted by Crippen LogP contribution is 2.02. The van der Waals surface area contributed by atoms with Crippen molar-refractivity contribution in [1.29, 1.82) is 0 Å². The van der Waals surface area contributed by atoms with Crippen molar-refractivity contribution in [1.82, 2.24) is 4.90 Å². The summed E-state index contributed by atoms with van der Waals surface area (Å²) in [4.78, 5) is 13.0. The van der Waals surface area contributed by atoms with Crippen molar-refractivity contribution in [2.75, 3.05) is 20.1 Å². The molecule has 1 aromatic rings. The van der Waals surface area contributed by atoms with E-state index in [1.54, 1.807) is 12.1 Å². The number of carbonyl (C=O) groups excluding carboxylic acids is 1. The quantitative estimate of drug-likeness (QED) is 0.551. The van der Waals surface area contributed by atoms with Crippen LogP contribution >= 0.6 is 0 Å². The molecule has 1 saturated heterocycles. The second-order valence-electron chi connectivity index (χ2n) is 3.56. The van der Waals surface area contributed by atoms with E-state index in [1.807, 2.05) is 0 Å². The lowest BCUT2D eigenvalue weighted by atomic mass is 10.3. The summed E-state index contributed by atoms with van der Waals surface area (Å²) in [6.07, 6.45) is 5.50. The Morgan fingerprint density at radius 1 is 1.53 bits per heavy atom. The number of hydrogen-bond acceptors (Lipinski definition) is 3. The molecular formula is C12H17NO2. The summed E-state index contributed by atoms with van der Waals surface area (Å²) in [7, 11) is 2.17. The fourth-order valence-electron chi connectivity index (χ4n) is 1.39. The minimum atomic E-state index is -0.181. The summed E-state index contributed by atoms with van der Waals surface area (Å²) < 4.78 is 4.77. The predicted octanol–water partition coefficient (Wildman–Crippen LogP) is 2.36. The Labute approximate surface area is 90.4 Å². The topological polar surface area (TPSA) is 33.5 Å². The van der Waals surface area contributed by atoms with Gasteiger partial charge in [-0.3, -0.25) is 4.79 Å². The number of nitrogens with zero attached hydrogens (tertiary/aromatic N) is 1. The Balaban J connectivity index is 0.000000162. The maximum absolute atomic E-state index is 10.7. The number of allylic oxidation sites excluding steroid dienone is 1. The molecule has 82 valence electrons. The Hall–Kier alpha value is -1.35. The van der Waals surface area contributed by atoms with Crippen molar-refractivity contribution in [2.24, 2.45) is 0 Å². The fourth-order valence-corrected chi connectivity index (χ4v) is 1.39. The van der Waals surface area contributed by atoms with Gasteiger partial charge in [0.25, 0.3) is 0 Å². The van der Waals surface area contributed by atoms with Gasteiger partial charge in [0, 0.05) is 0 Å². The van der Waals surface area contributed by atoms with Gasteiger partial charge in [-0.25, -0.2) is 0 Å². The molecule has 0 radical (unpaired) electrons. The van der Waals surface area contributed by atoms with Gasteiger partial charge < -0.3 is 9.32 Å². The van der Waals surface area contributed by atoms with Crippen molar-refractivity contribution in [2.45, 2.75) is 12.8 Å². The van der Waals surface area contributed by atoms with E-state index in [-0.39, 0.29) is 5.78 Å². The van der Waals surface area contributed by atoms with E-state index in [4.69, 9.17) is 4.42 Å². The average Bonchev–Trinajstić information content (AvgIpc) is 2.89. The molecule has 0 saturated carbocycles. The van der Waals surface area contributed by atoms with Gasteiger partial charge in [0.05, 0.1) is 6.26 Å². The molecule has 1 aliphatic heterocycles. The summed E-state index contributed by atoms with van der Waals surface area (Å²) in [5, 5.41) is 0. The molecule has 0 spiro atoms. The summed E-state index contributed by atoms with van der Waals surface area (Å²) in [6.45, 7) is 5.95. The first-order valence-corrected chi connectivity index (χ1v) is 5.13. The van der Waals surface area contributed by atoms with E-state index in [2.05, 4.69) is 18.5 Å². The van der Waals surface area contributed by atoms with Crippen molar-refractivity contribution in [3.63, 3.8) is 0 Å². The molecule has 0 aliphatic carbocycles. The molecule has 0 unspecified atom stereocenters. The number of hydrogen-bond donors (Lipinski definition) is 0. The zero-order valence-electron chi connectivity index (χ0n) is 9.11. The highest BCUT2D eigenvalue weighted by Gasteiger charge is 2.03. The van der Waals surface area contributed by atoms with E-state index >= 15 is 0 Å². The van der Waals surface area contributed by atoms with Crippen LogP contribution in [0.5, 0.6) is 0 Å². The zero-order chi connectivity index (χ0) is 11.1. The van der Waals surface area contributed by atoms with Crippen LogP contribution in [0.2, 0.25) is 0 Å². The summed E-state index contributed by atoms with van der Waals surface area (Å²) in [5.74, 6) is 0.157. The second kappa shape index (κ2) is 6.19. The number of likely N-dealkylation sites (tertiary alicyclic amines) is 1. The molecule has 3 nitrogen and oxygen atoms in total. The smallest absolute Gasteiger partial charge is 0.220 e. The largest absolute Gasteiger partial charge is 0.461 e. The van der Waals surface area contributed by atoms with E-state index in [0.717, 1.165) is 0 Å². The lowest BCUT2D eigenvalue weighted by Crippen LogP contribution is -2.10. The van der Waals surface area contributed by atoms with E-state index in [1.165, 1.54) is 38.3 Å². The van der Waals surface area contributed by atoms with Crippen LogP contribution in [-0.4, -0.2) is 30.8 Å². The molecule has 0 N–H and O–H groups in total. The van der Waals surface area contributed by atoms with Crippen LogP contribution in [0.4, 0.5) is 0 Å². The molecule has 1 aliphatic rings. The monoisotopic (exact) mass is 207 g/mol. The van der Waals surface area contributed by atoms with E-state index in [9.17, 15) is 4.79 Å². The molecule has 0 amide bonds. The highest BCUT2D eigenvalue weighted by molar-refractivity contribution is 6.01. The fraction of sp³-hybridized carbons (Fsp3) is 0.417. The normalized spacial score (nSPS) is 15.5. The van der Waals surface area contributed by atoms with Gasteiger partial charge in [0.15, 0.2) is 5.76 Å². The first kappa shape index (κ1) is 11.7. The van der Waals surface area contributed by atoms with E-state index in [0.29, 0.717) is 5.76 Å². The molecule has 0 aromatic carbocycles. The van der Waals surface area contributed by atoms with Crippen LogP contribution in [0.25, 0.3) is 0 Å². The lowest BCUT2D eigenvalue weighted by molar-refractivity contribution is 0.102. The van der Waals surface area contributed by atoms with Crippen molar-refractivity contribution in [3.8, 4) is 0 Å². The minimum Gasteiger partial charge on any atom is -0.461 e. The highest BCUT2D eigenvalue weighted by atomic mass is 16.3. The van der Waals surface area contributed by atoms with Crippen LogP contribution in [0.1, 0.15) is 23.4 Å². The molecule has 2 heterocycles. The molecule has 3 heteroatoms. The van der Waals surface area contributed by atoms with Crippen LogP contribution in [0, 0.1) is 0 Å². The molecule has 1 fully saturated rings. The Morgan fingerprint density at radius 3 is 2.53 bits per heavy atom. The lowest BCUT2D eigenvalue weighted by Gasteiger charge is -2.01. The van der Waals surface area contributed by atoms with E-state index < -0.39 is 0 Å². The third-order valence-electron chi connectivity index (χ3n) is 2.28. The number of furan rings is 1. The van der Waals surface area contributed by atoms with Gasteiger partial charge in [-0.05, 0) is 51.2 Å². The molecule has 0 bridgehead atoms. The van der Waals surface area contributed by atoms with Crippen LogP contribution in [0.3, 0.4) is 0 Å². The first-order chi connectivity index (χ1) is 7.24. The predicted molar refractivity (Wildman–Crippen MR) is 60.0 cm³/mol. The summed E-state index contributed by atoms with van der Waals surface area (Å²) in [5.41, 5.74) is 0. The van der Waals surface area contributed by atoms with Crippen LogP contribution < -0.4 is 0 Å². The summed E-state index contributed by atoms with van der Waals surface area (Å²) >= 11 is 0. The van der Waals surface area contributed by atoms with Gasteiger partial charge in [-0.15, -0.1) is 0 Å². The number of rotatable bonds is 2. The minimum absolute atomic E-state index is 0.181. The molecule has 1 aromatic heterocycles. The third-order valence-corrected chi connectivity index (χ3v) is 2.28. The Kier molecular flexibility index (Phi) is 4.84. The SMILES string of the molecule is C=CC(=O)c1ccco1.CN1CCCC1. The van der Waals surface area contributed by atoms with Gasteiger partial charge in [0.2, 0.25) is 5.78 Å². The third kappa shape index (κ3) is 4.13. The molecule has 0 atom stereocenters. The van der Waals surface area contributed by atoms with Gasteiger partial charge in [0.1, 0.15) is 0 Å². The van der Waals surface area contributed by atoms with Gasteiger partial charge in [-0.1, -0.05) is 6.58 Å². The zero-order valence-corrected chi connectivity index (χ0v) is 9.11.